The van der Waals surface area contributed by atoms with Crippen LogP contribution in [0.1, 0.15) is 42.0 Å². The molecule has 122 valence electrons. The zero-order valence-electron chi connectivity index (χ0n) is 13.3. The summed E-state index contributed by atoms with van der Waals surface area (Å²) in [5.41, 5.74) is 8.62. The van der Waals surface area contributed by atoms with E-state index in [1.54, 1.807) is 6.92 Å². The number of benzene rings is 1. The van der Waals surface area contributed by atoms with Crippen molar-refractivity contribution in [3.8, 4) is 0 Å². The molecule has 6 nitrogen and oxygen atoms in total. The van der Waals surface area contributed by atoms with E-state index in [0.29, 0.717) is 5.17 Å². The molecule has 3 rings (SSSR count). The molecule has 2 aliphatic carbocycles. The van der Waals surface area contributed by atoms with Crippen LogP contribution in [0.4, 0.5) is 10.5 Å². The van der Waals surface area contributed by atoms with Crippen LogP contribution in [-0.2, 0) is 25.7 Å². The number of rotatable bonds is 4. The SMILES string of the molecule is C/C=C(\C=N)N(O)NC(=O)Nc1c2c(cc3c1CCC3)CCC2. The van der Waals surface area contributed by atoms with Crippen molar-refractivity contribution in [3.63, 3.8) is 0 Å². The van der Waals surface area contributed by atoms with Gasteiger partial charge in [-0.15, -0.1) is 0 Å². The predicted molar refractivity (Wildman–Crippen MR) is 88.8 cm³/mol. The lowest BCUT2D eigenvalue weighted by molar-refractivity contribution is -0.0799. The summed E-state index contributed by atoms with van der Waals surface area (Å²) in [6.07, 6.45) is 8.87. The molecule has 1 aromatic carbocycles. The minimum Gasteiger partial charge on any atom is -0.306 e. The molecule has 0 saturated heterocycles. The van der Waals surface area contributed by atoms with Crippen LogP contribution in [-0.4, -0.2) is 22.6 Å². The maximum absolute atomic E-state index is 12.2. The first-order valence-electron chi connectivity index (χ1n) is 8.04. The first kappa shape index (κ1) is 15.6. The Balaban J connectivity index is 1.81. The highest BCUT2D eigenvalue weighted by molar-refractivity contribution is 5.92. The fourth-order valence-corrected chi connectivity index (χ4v) is 3.54. The first-order valence-corrected chi connectivity index (χ1v) is 8.04. The summed E-state index contributed by atoms with van der Waals surface area (Å²) in [5, 5.41) is 20.5. The Morgan fingerprint density at radius 1 is 1.22 bits per heavy atom. The molecular weight excluding hydrogens is 292 g/mol. The summed E-state index contributed by atoms with van der Waals surface area (Å²) >= 11 is 0. The largest absolute Gasteiger partial charge is 0.339 e. The highest BCUT2D eigenvalue weighted by Gasteiger charge is 2.25. The molecule has 0 atom stereocenters. The summed E-state index contributed by atoms with van der Waals surface area (Å²) in [5.74, 6) is 0. The van der Waals surface area contributed by atoms with Crippen molar-refractivity contribution in [1.82, 2.24) is 10.6 Å². The number of carbonyl (C=O) groups excluding carboxylic acids is 1. The molecule has 1 aromatic rings. The van der Waals surface area contributed by atoms with Gasteiger partial charge in [-0.05, 0) is 67.7 Å². The molecule has 0 fully saturated rings. The monoisotopic (exact) mass is 314 g/mol. The zero-order chi connectivity index (χ0) is 16.4. The van der Waals surface area contributed by atoms with Gasteiger partial charge in [-0.3, -0.25) is 5.21 Å². The van der Waals surface area contributed by atoms with Crippen molar-refractivity contribution in [2.45, 2.75) is 45.4 Å². The van der Waals surface area contributed by atoms with E-state index >= 15 is 0 Å². The molecule has 0 aliphatic heterocycles. The van der Waals surface area contributed by atoms with Gasteiger partial charge in [0.05, 0.1) is 0 Å². The molecule has 0 spiro atoms. The Labute approximate surface area is 135 Å². The predicted octanol–water partition coefficient (Wildman–Crippen LogP) is 2.95. The van der Waals surface area contributed by atoms with E-state index in [2.05, 4.69) is 16.8 Å². The van der Waals surface area contributed by atoms with Gasteiger partial charge in [0.1, 0.15) is 5.70 Å². The number of carbonyl (C=O) groups is 1. The van der Waals surface area contributed by atoms with Gasteiger partial charge in [0.2, 0.25) is 0 Å². The van der Waals surface area contributed by atoms with Crippen LogP contribution in [0.25, 0.3) is 0 Å². The van der Waals surface area contributed by atoms with Gasteiger partial charge in [-0.25, -0.2) is 10.2 Å². The van der Waals surface area contributed by atoms with Crippen LogP contribution in [0, 0.1) is 5.41 Å². The lowest BCUT2D eigenvalue weighted by Gasteiger charge is -2.20. The number of anilines is 1. The zero-order valence-corrected chi connectivity index (χ0v) is 13.3. The van der Waals surface area contributed by atoms with Gasteiger partial charge in [-0.2, -0.15) is 5.17 Å². The summed E-state index contributed by atoms with van der Waals surface area (Å²) in [7, 11) is 0. The minimum atomic E-state index is -0.497. The number of allylic oxidation sites excluding steroid dienone is 2. The molecule has 6 heteroatoms. The van der Waals surface area contributed by atoms with E-state index in [-0.39, 0.29) is 5.70 Å². The van der Waals surface area contributed by atoms with E-state index in [0.717, 1.165) is 50.4 Å². The molecule has 0 heterocycles. The molecular formula is C17H22N4O2. The van der Waals surface area contributed by atoms with Crippen molar-refractivity contribution in [3.05, 3.63) is 40.1 Å². The van der Waals surface area contributed by atoms with Gasteiger partial charge < -0.3 is 10.7 Å². The smallest absolute Gasteiger partial charge is 0.306 e. The molecule has 0 saturated carbocycles. The molecule has 2 aliphatic rings. The maximum atomic E-state index is 12.2. The summed E-state index contributed by atoms with van der Waals surface area (Å²) in [4.78, 5) is 12.2. The fraction of sp³-hybridized carbons (Fsp3) is 0.412. The van der Waals surface area contributed by atoms with Gasteiger partial charge in [-0.1, -0.05) is 12.1 Å². The summed E-state index contributed by atoms with van der Waals surface area (Å²) < 4.78 is 0. The van der Waals surface area contributed by atoms with Crippen molar-refractivity contribution in [1.29, 1.82) is 5.41 Å². The number of nitrogens with zero attached hydrogens (tertiary/aromatic N) is 1. The second-order valence-electron chi connectivity index (χ2n) is 5.97. The average Bonchev–Trinajstić information content (AvgIpc) is 3.16. The van der Waals surface area contributed by atoms with Gasteiger partial charge in [0, 0.05) is 11.9 Å². The Kier molecular flexibility index (Phi) is 4.34. The lowest BCUT2D eigenvalue weighted by atomic mass is 9.99. The molecule has 0 bridgehead atoms. The van der Waals surface area contributed by atoms with Crippen LogP contribution in [0.15, 0.2) is 17.8 Å². The number of fused-ring (bicyclic) bond motifs is 2. The molecule has 0 aromatic heterocycles. The van der Waals surface area contributed by atoms with E-state index in [1.807, 2.05) is 0 Å². The van der Waals surface area contributed by atoms with Crippen molar-refractivity contribution in [2.24, 2.45) is 0 Å². The van der Waals surface area contributed by atoms with Gasteiger partial charge in [0.25, 0.3) is 0 Å². The van der Waals surface area contributed by atoms with Crippen molar-refractivity contribution >= 4 is 17.9 Å². The van der Waals surface area contributed by atoms with Crippen LogP contribution >= 0.6 is 0 Å². The normalized spacial score (nSPS) is 15.8. The van der Waals surface area contributed by atoms with Crippen LogP contribution in [0.3, 0.4) is 0 Å². The number of hydrogen-bond donors (Lipinski definition) is 4. The standard InChI is InChI=1S/C17H22N4O2/c1-2-13(10-18)21(23)20-17(22)19-16-14-7-3-5-11(14)9-12-6-4-8-15(12)16/h2,9-10,18,23H,3-8H2,1H3,(H2,19,20,22)/b13-2+,18-10?. The van der Waals surface area contributed by atoms with E-state index in [4.69, 9.17) is 5.41 Å². The topological polar surface area (TPSA) is 88.5 Å². The fourth-order valence-electron chi connectivity index (χ4n) is 3.54. The molecule has 0 unspecified atom stereocenters. The van der Waals surface area contributed by atoms with Crippen LogP contribution in [0.2, 0.25) is 0 Å². The second kappa shape index (κ2) is 6.42. The number of urea groups is 1. The van der Waals surface area contributed by atoms with Crippen molar-refractivity contribution < 1.29 is 10.0 Å². The number of hydroxylamine groups is 1. The Morgan fingerprint density at radius 3 is 2.35 bits per heavy atom. The first-order chi connectivity index (χ1) is 11.1. The molecule has 2 amide bonds. The van der Waals surface area contributed by atoms with Crippen molar-refractivity contribution in [2.75, 3.05) is 5.32 Å². The van der Waals surface area contributed by atoms with Crippen LogP contribution < -0.4 is 10.7 Å². The number of hydrogen-bond acceptors (Lipinski definition) is 4. The highest BCUT2D eigenvalue weighted by Crippen LogP contribution is 2.38. The maximum Gasteiger partial charge on any atom is 0.339 e. The van der Waals surface area contributed by atoms with Gasteiger partial charge >= 0.3 is 6.03 Å². The molecule has 0 radical (unpaired) electrons. The number of nitrogens with one attached hydrogen (secondary N) is 3. The number of amides is 2. The molecule has 23 heavy (non-hydrogen) atoms. The molecule has 4 N–H and O–H groups in total. The third-order valence-corrected chi connectivity index (χ3v) is 4.61. The third-order valence-electron chi connectivity index (χ3n) is 4.61. The Bertz CT molecular complexity index is 649. The average molecular weight is 314 g/mol. The second-order valence-corrected chi connectivity index (χ2v) is 5.97. The van der Waals surface area contributed by atoms with E-state index in [9.17, 15) is 10.0 Å². The Morgan fingerprint density at radius 2 is 1.83 bits per heavy atom. The Hall–Kier alpha value is -2.34. The number of hydrazine groups is 1. The third kappa shape index (κ3) is 2.94. The summed E-state index contributed by atoms with van der Waals surface area (Å²) in [6.45, 7) is 1.68. The number of aryl methyl sites for hydroxylation is 2. The lowest BCUT2D eigenvalue weighted by Crippen LogP contribution is -2.42. The minimum absolute atomic E-state index is 0.198. The van der Waals surface area contributed by atoms with Gasteiger partial charge in [0.15, 0.2) is 0 Å². The quantitative estimate of drug-likeness (QED) is 0.509. The highest BCUT2D eigenvalue weighted by atomic mass is 16.5. The van der Waals surface area contributed by atoms with Crippen LogP contribution in [0.5, 0.6) is 0 Å². The van der Waals surface area contributed by atoms with E-state index in [1.165, 1.54) is 28.3 Å². The summed E-state index contributed by atoms with van der Waals surface area (Å²) in [6, 6.07) is 1.81. The van der Waals surface area contributed by atoms with E-state index < -0.39 is 6.03 Å².